The molecule has 18 heavy (non-hydrogen) atoms. The van der Waals surface area contributed by atoms with E-state index in [1.807, 2.05) is 6.07 Å². The van der Waals surface area contributed by atoms with Gasteiger partial charge >= 0.3 is 12.0 Å². The molecule has 0 heterocycles. The van der Waals surface area contributed by atoms with Gasteiger partial charge in [-0.1, -0.05) is 30.3 Å². The molecule has 0 fully saturated rings. The number of carbonyl (C=O) groups is 2. The summed E-state index contributed by atoms with van der Waals surface area (Å²) in [6, 6.07) is 7.16. The predicted molar refractivity (Wildman–Crippen MR) is 67.7 cm³/mol. The topological polar surface area (TPSA) is 81.4 Å². The Labute approximate surface area is 106 Å². The quantitative estimate of drug-likeness (QED) is 0.802. The van der Waals surface area contributed by atoms with E-state index in [2.05, 4.69) is 5.32 Å². The van der Waals surface area contributed by atoms with Crippen molar-refractivity contribution in [1.82, 2.24) is 5.32 Å². The van der Waals surface area contributed by atoms with Gasteiger partial charge in [0.1, 0.15) is 5.60 Å². The van der Waals surface area contributed by atoms with Crippen molar-refractivity contribution in [2.75, 3.05) is 0 Å². The van der Waals surface area contributed by atoms with Gasteiger partial charge in [-0.05, 0) is 26.3 Å². The van der Waals surface area contributed by atoms with E-state index >= 15 is 0 Å². The third kappa shape index (κ3) is 4.45. The fourth-order valence-electron chi connectivity index (χ4n) is 1.43. The average molecular weight is 250 g/mol. The molecule has 5 heteroatoms. The highest BCUT2D eigenvalue weighted by Gasteiger charge is 2.27. The minimum Gasteiger partial charge on any atom is -0.458 e. The molecule has 1 unspecified atom stereocenters. The van der Waals surface area contributed by atoms with Gasteiger partial charge in [0.2, 0.25) is 0 Å². The second-order valence-corrected chi connectivity index (χ2v) is 4.89. The van der Waals surface area contributed by atoms with Gasteiger partial charge in [0.05, 0.1) is 0 Å². The van der Waals surface area contributed by atoms with Crippen LogP contribution in [0.15, 0.2) is 30.3 Å². The van der Waals surface area contributed by atoms with Crippen molar-refractivity contribution in [2.45, 2.75) is 32.4 Å². The molecule has 0 spiro atoms. The van der Waals surface area contributed by atoms with E-state index in [0.29, 0.717) is 5.56 Å². The van der Waals surface area contributed by atoms with E-state index < -0.39 is 23.6 Å². The van der Waals surface area contributed by atoms with Crippen LogP contribution in [-0.2, 0) is 9.53 Å². The number of hydrogen-bond acceptors (Lipinski definition) is 3. The number of nitrogens with two attached hydrogens (primary N) is 1. The summed E-state index contributed by atoms with van der Waals surface area (Å²) in [4.78, 5) is 23.0. The monoisotopic (exact) mass is 250 g/mol. The van der Waals surface area contributed by atoms with Crippen LogP contribution in [0.1, 0.15) is 32.4 Å². The Hall–Kier alpha value is -2.04. The second-order valence-electron chi connectivity index (χ2n) is 4.89. The third-order valence-corrected chi connectivity index (χ3v) is 2.06. The Morgan fingerprint density at radius 1 is 1.22 bits per heavy atom. The number of rotatable bonds is 3. The standard InChI is InChI=1S/C13H18N2O3/c1-13(2,3)18-11(16)10(15-12(14)17)9-7-5-4-6-8-9/h4-8,10H,1-3H3,(H3,14,15,17). The van der Waals surface area contributed by atoms with E-state index in [4.69, 9.17) is 10.5 Å². The van der Waals surface area contributed by atoms with Crippen molar-refractivity contribution in [3.8, 4) is 0 Å². The summed E-state index contributed by atoms with van der Waals surface area (Å²) in [6.07, 6.45) is 0. The van der Waals surface area contributed by atoms with Crippen LogP contribution in [0.4, 0.5) is 4.79 Å². The highest BCUT2D eigenvalue weighted by Crippen LogP contribution is 2.18. The summed E-state index contributed by atoms with van der Waals surface area (Å²) in [5.41, 5.74) is 5.08. The van der Waals surface area contributed by atoms with Gasteiger partial charge in [0, 0.05) is 0 Å². The first-order valence-electron chi connectivity index (χ1n) is 5.63. The van der Waals surface area contributed by atoms with Crippen LogP contribution in [0, 0.1) is 0 Å². The van der Waals surface area contributed by atoms with Gasteiger partial charge in [-0.25, -0.2) is 9.59 Å². The number of carbonyl (C=O) groups excluding carboxylic acids is 2. The number of primary amides is 1. The Morgan fingerprint density at radius 3 is 2.22 bits per heavy atom. The number of benzene rings is 1. The van der Waals surface area contributed by atoms with Crippen LogP contribution in [0.2, 0.25) is 0 Å². The Kier molecular flexibility index (Phi) is 4.31. The van der Waals surface area contributed by atoms with Crippen molar-refractivity contribution in [2.24, 2.45) is 5.73 Å². The summed E-state index contributed by atoms with van der Waals surface area (Å²) in [5, 5.41) is 2.38. The number of nitrogens with one attached hydrogen (secondary N) is 1. The molecule has 0 bridgehead atoms. The zero-order valence-corrected chi connectivity index (χ0v) is 10.8. The summed E-state index contributed by atoms with van der Waals surface area (Å²) >= 11 is 0. The molecule has 5 nitrogen and oxygen atoms in total. The molecule has 1 rings (SSSR count). The summed E-state index contributed by atoms with van der Waals surface area (Å²) < 4.78 is 5.25. The number of urea groups is 1. The van der Waals surface area contributed by atoms with E-state index in [1.54, 1.807) is 45.0 Å². The van der Waals surface area contributed by atoms with Gasteiger partial charge in [-0.2, -0.15) is 0 Å². The largest absolute Gasteiger partial charge is 0.458 e. The van der Waals surface area contributed by atoms with Crippen molar-refractivity contribution in [1.29, 1.82) is 0 Å². The van der Waals surface area contributed by atoms with Crippen molar-refractivity contribution >= 4 is 12.0 Å². The molecule has 0 aliphatic rings. The smallest absolute Gasteiger partial charge is 0.333 e. The molecule has 98 valence electrons. The number of amides is 2. The third-order valence-electron chi connectivity index (χ3n) is 2.06. The van der Waals surface area contributed by atoms with Gasteiger partial charge < -0.3 is 15.8 Å². The van der Waals surface area contributed by atoms with E-state index in [-0.39, 0.29) is 0 Å². The van der Waals surface area contributed by atoms with Gasteiger partial charge in [-0.15, -0.1) is 0 Å². The average Bonchev–Trinajstić information content (AvgIpc) is 2.24. The first kappa shape index (κ1) is 14.0. The first-order chi connectivity index (χ1) is 8.29. The lowest BCUT2D eigenvalue weighted by molar-refractivity contribution is -0.157. The predicted octanol–water partition coefficient (Wildman–Crippen LogP) is 1.74. The normalized spacial score (nSPS) is 12.6. The molecule has 0 saturated heterocycles. The van der Waals surface area contributed by atoms with E-state index in [1.165, 1.54) is 0 Å². The maximum Gasteiger partial charge on any atom is 0.333 e. The lowest BCUT2D eigenvalue weighted by Crippen LogP contribution is -2.40. The lowest BCUT2D eigenvalue weighted by Gasteiger charge is -2.24. The van der Waals surface area contributed by atoms with Gasteiger partial charge in [-0.3, -0.25) is 0 Å². The molecule has 0 saturated carbocycles. The molecule has 3 N–H and O–H groups in total. The van der Waals surface area contributed by atoms with Crippen LogP contribution in [0.3, 0.4) is 0 Å². The van der Waals surface area contributed by atoms with Crippen molar-refractivity contribution < 1.29 is 14.3 Å². The lowest BCUT2D eigenvalue weighted by atomic mass is 10.1. The molecular weight excluding hydrogens is 232 g/mol. The SMILES string of the molecule is CC(C)(C)OC(=O)C(NC(N)=O)c1ccccc1. The highest BCUT2D eigenvalue weighted by atomic mass is 16.6. The van der Waals surface area contributed by atoms with Gasteiger partial charge in [0.25, 0.3) is 0 Å². The maximum atomic E-state index is 12.0. The molecule has 0 aromatic heterocycles. The van der Waals surface area contributed by atoms with Gasteiger partial charge in [0.15, 0.2) is 6.04 Å². The Bertz CT molecular complexity index is 424. The Morgan fingerprint density at radius 2 is 1.78 bits per heavy atom. The number of hydrogen-bond donors (Lipinski definition) is 2. The molecule has 2 amide bonds. The van der Waals surface area contributed by atoms with Crippen molar-refractivity contribution in [3.63, 3.8) is 0 Å². The molecular formula is C13H18N2O3. The summed E-state index contributed by atoms with van der Waals surface area (Å²) in [6.45, 7) is 5.28. The van der Waals surface area contributed by atoms with Crippen LogP contribution in [0.25, 0.3) is 0 Å². The minimum absolute atomic E-state index is 0.535. The zero-order chi connectivity index (χ0) is 13.8. The molecule has 1 atom stereocenters. The van der Waals surface area contributed by atoms with Crippen LogP contribution < -0.4 is 11.1 Å². The molecule has 0 aliphatic heterocycles. The molecule has 1 aromatic rings. The number of ether oxygens (including phenoxy) is 1. The molecule has 1 aromatic carbocycles. The minimum atomic E-state index is -0.886. The zero-order valence-electron chi connectivity index (χ0n) is 10.8. The number of esters is 1. The summed E-state index contributed by atoms with van der Waals surface area (Å²) in [7, 11) is 0. The molecule has 0 aliphatic carbocycles. The van der Waals surface area contributed by atoms with Crippen LogP contribution in [0.5, 0.6) is 0 Å². The van der Waals surface area contributed by atoms with Crippen LogP contribution in [-0.4, -0.2) is 17.6 Å². The molecule has 0 radical (unpaired) electrons. The second kappa shape index (κ2) is 5.53. The Balaban J connectivity index is 2.92. The maximum absolute atomic E-state index is 12.0. The fourth-order valence-corrected chi connectivity index (χ4v) is 1.43. The first-order valence-corrected chi connectivity index (χ1v) is 5.63. The van der Waals surface area contributed by atoms with Crippen molar-refractivity contribution in [3.05, 3.63) is 35.9 Å². The van der Waals surface area contributed by atoms with Crippen LogP contribution >= 0.6 is 0 Å². The van der Waals surface area contributed by atoms with E-state index in [9.17, 15) is 9.59 Å². The van der Waals surface area contributed by atoms with E-state index in [0.717, 1.165) is 0 Å². The fraction of sp³-hybridized carbons (Fsp3) is 0.385. The summed E-state index contributed by atoms with van der Waals surface area (Å²) in [5.74, 6) is -0.535. The highest BCUT2D eigenvalue weighted by molar-refractivity contribution is 5.84.